The first kappa shape index (κ1) is 14.5. The van der Waals surface area contributed by atoms with Crippen molar-refractivity contribution in [2.45, 2.75) is 6.92 Å². The Labute approximate surface area is 126 Å². The summed E-state index contributed by atoms with van der Waals surface area (Å²) in [5.74, 6) is 0. The Morgan fingerprint density at radius 3 is 2.55 bits per heavy atom. The molecule has 0 aliphatic rings. The van der Waals surface area contributed by atoms with Crippen LogP contribution in [0.4, 0.5) is 21.9 Å². The number of amides is 2. The van der Waals surface area contributed by atoms with E-state index in [2.05, 4.69) is 10.6 Å². The third-order valence-electron chi connectivity index (χ3n) is 2.80. The summed E-state index contributed by atoms with van der Waals surface area (Å²) in [6.07, 6.45) is 0. The zero-order valence-corrected chi connectivity index (χ0v) is 12.2. The van der Waals surface area contributed by atoms with Gasteiger partial charge in [0, 0.05) is 17.1 Å². The summed E-state index contributed by atoms with van der Waals surface area (Å²) in [4.78, 5) is 11.9. The molecule has 0 bridgehead atoms. The summed E-state index contributed by atoms with van der Waals surface area (Å²) in [6.45, 7) is 1.84. The minimum atomic E-state index is -0.378. The van der Waals surface area contributed by atoms with Crippen molar-refractivity contribution < 1.29 is 4.79 Å². The molecule has 0 aliphatic heterocycles. The Hall–Kier alpha value is -1.91. The minimum Gasteiger partial charge on any atom is -0.398 e. The number of nitrogens with two attached hydrogens (primary N) is 1. The molecule has 0 unspecified atom stereocenters. The molecule has 2 rings (SSSR count). The second-order valence-corrected chi connectivity index (χ2v) is 5.04. The highest BCUT2D eigenvalue weighted by molar-refractivity contribution is 6.42. The lowest BCUT2D eigenvalue weighted by Crippen LogP contribution is -2.20. The number of urea groups is 1. The lowest BCUT2D eigenvalue weighted by atomic mass is 10.1. The van der Waals surface area contributed by atoms with Gasteiger partial charge in [0.15, 0.2) is 0 Å². The molecule has 2 aromatic carbocycles. The fraction of sp³-hybridized carbons (Fsp3) is 0.0714. The van der Waals surface area contributed by atoms with E-state index in [9.17, 15) is 4.79 Å². The third kappa shape index (κ3) is 3.35. The third-order valence-corrected chi connectivity index (χ3v) is 3.54. The van der Waals surface area contributed by atoms with Crippen LogP contribution in [0.2, 0.25) is 10.0 Å². The first-order valence-corrected chi connectivity index (χ1v) is 6.61. The van der Waals surface area contributed by atoms with Crippen LogP contribution in [0.15, 0.2) is 36.4 Å². The molecule has 4 nitrogen and oxygen atoms in total. The topological polar surface area (TPSA) is 67.1 Å². The predicted molar refractivity (Wildman–Crippen MR) is 84.7 cm³/mol. The number of benzene rings is 2. The molecule has 0 heterocycles. The number of carbonyl (C=O) groups is 1. The van der Waals surface area contributed by atoms with Gasteiger partial charge in [0.25, 0.3) is 0 Å². The smallest absolute Gasteiger partial charge is 0.323 e. The van der Waals surface area contributed by atoms with Crippen LogP contribution in [-0.2, 0) is 0 Å². The highest BCUT2D eigenvalue weighted by atomic mass is 35.5. The number of anilines is 3. The van der Waals surface area contributed by atoms with Gasteiger partial charge in [0.2, 0.25) is 0 Å². The van der Waals surface area contributed by atoms with Crippen molar-refractivity contribution in [3.8, 4) is 0 Å². The number of hydrogen-bond acceptors (Lipinski definition) is 2. The molecule has 0 aromatic heterocycles. The summed E-state index contributed by atoms with van der Waals surface area (Å²) in [5.41, 5.74) is 8.43. The van der Waals surface area contributed by atoms with E-state index >= 15 is 0 Å². The van der Waals surface area contributed by atoms with Crippen molar-refractivity contribution in [1.29, 1.82) is 0 Å². The SMILES string of the molecule is Cc1c(N)cccc1NC(=O)Nc1ccc(Cl)c(Cl)c1. The second-order valence-electron chi connectivity index (χ2n) is 4.23. The van der Waals surface area contributed by atoms with Crippen molar-refractivity contribution in [2.75, 3.05) is 16.4 Å². The molecule has 0 spiro atoms. The van der Waals surface area contributed by atoms with Crippen molar-refractivity contribution in [2.24, 2.45) is 0 Å². The Kier molecular flexibility index (Phi) is 4.37. The summed E-state index contributed by atoms with van der Waals surface area (Å²) in [7, 11) is 0. The molecule has 20 heavy (non-hydrogen) atoms. The summed E-state index contributed by atoms with van der Waals surface area (Å²) in [5, 5.41) is 6.21. The number of carbonyl (C=O) groups excluding carboxylic acids is 1. The van der Waals surface area contributed by atoms with Crippen LogP contribution >= 0.6 is 23.2 Å². The summed E-state index contributed by atoms with van der Waals surface area (Å²) < 4.78 is 0. The van der Waals surface area contributed by atoms with Gasteiger partial charge in [-0.1, -0.05) is 29.3 Å². The van der Waals surface area contributed by atoms with E-state index in [1.165, 1.54) is 0 Å². The number of rotatable bonds is 2. The van der Waals surface area contributed by atoms with Gasteiger partial charge in [-0.25, -0.2) is 4.79 Å². The average Bonchev–Trinajstić information content (AvgIpc) is 2.39. The molecule has 0 saturated heterocycles. The second kappa shape index (κ2) is 6.03. The molecular weight excluding hydrogens is 297 g/mol. The Morgan fingerprint density at radius 1 is 1.10 bits per heavy atom. The van der Waals surface area contributed by atoms with Crippen molar-refractivity contribution in [3.05, 3.63) is 52.0 Å². The first-order chi connectivity index (χ1) is 9.47. The normalized spacial score (nSPS) is 10.2. The fourth-order valence-corrected chi connectivity index (χ4v) is 1.95. The van der Waals surface area contributed by atoms with Crippen LogP contribution < -0.4 is 16.4 Å². The zero-order valence-electron chi connectivity index (χ0n) is 10.7. The molecule has 0 saturated carbocycles. The monoisotopic (exact) mass is 309 g/mol. The van der Waals surface area contributed by atoms with Crippen LogP contribution in [-0.4, -0.2) is 6.03 Å². The van der Waals surface area contributed by atoms with Gasteiger partial charge in [-0.2, -0.15) is 0 Å². The lowest BCUT2D eigenvalue weighted by Gasteiger charge is -2.11. The number of nitrogens with one attached hydrogen (secondary N) is 2. The van der Waals surface area contributed by atoms with Gasteiger partial charge in [-0.05, 0) is 42.8 Å². The van der Waals surface area contributed by atoms with Gasteiger partial charge in [-0.15, -0.1) is 0 Å². The van der Waals surface area contributed by atoms with E-state index in [1.54, 1.807) is 36.4 Å². The van der Waals surface area contributed by atoms with Crippen LogP contribution in [0.5, 0.6) is 0 Å². The lowest BCUT2D eigenvalue weighted by molar-refractivity contribution is 0.262. The molecule has 104 valence electrons. The predicted octanol–water partition coefficient (Wildman–Crippen LogP) is 4.53. The largest absolute Gasteiger partial charge is 0.398 e. The van der Waals surface area contributed by atoms with Gasteiger partial charge in [-0.3, -0.25) is 0 Å². The maximum atomic E-state index is 11.9. The highest BCUT2D eigenvalue weighted by Gasteiger charge is 2.07. The van der Waals surface area contributed by atoms with Crippen molar-refractivity contribution in [1.82, 2.24) is 0 Å². The standard InChI is InChI=1S/C14H13Cl2N3O/c1-8-12(17)3-2-4-13(8)19-14(20)18-9-5-6-10(15)11(16)7-9/h2-7H,17H2,1H3,(H2,18,19,20). The Bertz CT molecular complexity index is 659. The van der Waals surface area contributed by atoms with Crippen LogP contribution in [0.1, 0.15) is 5.56 Å². The molecule has 0 atom stereocenters. The zero-order chi connectivity index (χ0) is 14.7. The quantitative estimate of drug-likeness (QED) is 0.713. The maximum absolute atomic E-state index is 11.9. The fourth-order valence-electron chi connectivity index (χ4n) is 1.65. The Morgan fingerprint density at radius 2 is 1.85 bits per heavy atom. The Balaban J connectivity index is 2.09. The first-order valence-electron chi connectivity index (χ1n) is 5.85. The molecule has 4 N–H and O–H groups in total. The van der Waals surface area contributed by atoms with E-state index in [-0.39, 0.29) is 6.03 Å². The summed E-state index contributed by atoms with van der Waals surface area (Å²) >= 11 is 11.7. The van der Waals surface area contributed by atoms with E-state index in [1.807, 2.05) is 6.92 Å². The van der Waals surface area contributed by atoms with Crippen LogP contribution in [0, 0.1) is 6.92 Å². The summed E-state index contributed by atoms with van der Waals surface area (Å²) in [6, 6.07) is 9.81. The number of nitrogen functional groups attached to an aromatic ring is 1. The van der Waals surface area contributed by atoms with Gasteiger partial charge in [0.05, 0.1) is 10.0 Å². The molecule has 6 heteroatoms. The maximum Gasteiger partial charge on any atom is 0.323 e. The van der Waals surface area contributed by atoms with Crippen molar-refractivity contribution in [3.63, 3.8) is 0 Å². The molecule has 2 aromatic rings. The van der Waals surface area contributed by atoms with Gasteiger partial charge < -0.3 is 16.4 Å². The van der Waals surface area contributed by atoms with Crippen LogP contribution in [0.3, 0.4) is 0 Å². The molecule has 2 amide bonds. The molecule has 0 fully saturated rings. The van der Waals surface area contributed by atoms with Crippen molar-refractivity contribution >= 4 is 46.3 Å². The van der Waals surface area contributed by atoms with E-state index < -0.39 is 0 Å². The number of hydrogen-bond donors (Lipinski definition) is 3. The minimum absolute atomic E-state index is 0.378. The average molecular weight is 310 g/mol. The number of halogens is 2. The highest BCUT2D eigenvalue weighted by Crippen LogP contribution is 2.25. The van der Waals surface area contributed by atoms with Gasteiger partial charge >= 0.3 is 6.03 Å². The molecular formula is C14H13Cl2N3O. The van der Waals surface area contributed by atoms with E-state index in [4.69, 9.17) is 28.9 Å². The molecule has 0 radical (unpaired) electrons. The van der Waals surface area contributed by atoms with Gasteiger partial charge in [0.1, 0.15) is 0 Å². The van der Waals surface area contributed by atoms with Crippen LogP contribution in [0.25, 0.3) is 0 Å². The van der Waals surface area contributed by atoms with E-state index in [0.717, 1.165) is 5.56 Å². The molecule has 0 aliphatic carbocycles. The van der Waals surface area contributed by atoms with E-state index in [0.29, 0.717) is 27.1 Å².